The molecule has 21 heavy (non-hydrogen) atoms. The molecule has 1 rings (SSSR count). The zero-order valence-corrected chi connectivity index (χ0v) is 12.6. The van der Waals surface area contributed by atoms with E-state index in [1.807, 2.05) is 6.92 Å². The van der Waals surface area contributed by atoms with Crippen LogP contribution < -0.4 is 9.47 Å². The molecule has 0 fully saturated rings. The first-order chi connectivity index (χ1) is 10.2. The molecule has 0 unspecified atom stereocenters. The van der Waals surface area contributed by atoms with Gasteiger partial charge in [0.05, 0.1) is 19.6 Å². The van der Waals surface area contributed by atoms with Crippen LogP contribution in [0.2, 0.25) is 0 Å². The fourth-order valence-corrected chi connectivity index (χ4v) is 1.56. The van der Waals surface area contributed by atoms with Crippen molar-refractivity contribution in [3.8, 4) is 11.5 Å². The Morgan fingerprint density at radius 1 is 0.952 bits per heavy atom. The standard InChI is InChI=1S/C16H22O5/c1-3-11-20-14-6-8-15(9-7-14)21-12-13(17)5-10-16(18)19-4-2/h6-9H,3-5,10-12H2,1-2H3. The topological polar surface area (TPSA) is 61.8 Å². The Morgan fingerprint density at radius 2 is 1.57 bits per heavy atom. The second-order valence-electron chi connectivity index (χ2n) is 4.45. The highest BCUT2D eigenvalue weighted by Crippen LogP contribution is 2.17. The van der Waals surface area contributed by atoms with Crippen LogP contribution in [0.1, 0.15) is 33.1 Å². The molecule has 5 heteroatoms. The van der Waals surface area contributed by atoms with Gasteiger partial charge in [-0.3, -0.25) is 9.59 Å². The molecule has 0 radical (unpaired) electrons. The first kappa shape index (κ1) is 17.0. The van der Waals surface area contributed by atoms with Crippen molar-refractivity contribution in [3.05, 3.63) is 24.3 Å². The Bertz CT molecular complexity index is 438. The number of rotatable bonds is 10. The van der Waals surface area contributed by atoms with Gasteiger partial charge in [-0.05, 0) is 37.6 Å². The minimum atomic E-state index is -0.358. The van der Waals surface area contributed by atoms with Crippen LogP contribution in [-0.4, -0.2) is 31.6 Å². The van der Waals surface area contributed by atoms with Gasteiger partial charge in [-0.15, -0.1) is 0 Å². The molecular weight excluding hydrogens is 272 g/mol. The van der Waals surface area contributed by atoms with Crippen LogP contribution in [0, 0.1) is 0 Å². The van der Waals surface area contributed by atoms with E-state index in [4.69, 9.17) is 14.2 Å². The van der Waals surface area contributed by atoms with Crippen LogP contribution in [0.4, 0.5) is 0 Å². The Balaban J connectivity index is 2.27. The van der Waals surface area contributed by atoms with Gasteiger partial charge in [0.2, 0.25) is 0 Å². The average Bonchev–Trinajstić information content (AvgIpc) is 2.50. The second kappa shape index (κ2) is 9.80. The maximum Gasteiger partial charge on any atom is 0.306 e. The molecule has 0 aromatic heterocycles. The number of ether oxygens (including phenoxy) is 3. The van der Waals surface area contributed by atoms with E-state index in [9.17, 15) is 9.59 Å². The summed E-state index contributed by atoms with van der Waals surface area (Å²) in [5, 5.41) is 0. The molecule has 0 saturated carbocycles. The first-order valence-electron chi connectivity index (χ1n) is 7.18. The number of esters is 1. The Kier molecular flexibility index (Phi) is 7.94. The summed E-state index contributed by atoms with van der Waals surface area (Å²) in [6.45, 7) is 4.73. The number of ketones is 1. The molecule has 0 aliphatic heterocycles. The molecule has 0 amide bonds. The molecule has 0 bridgehead atoms. The fraction of sp³-hybridized carbons (Fsp3) is 0.500. The maximum atomic E-state index is 11.6. The van der Waals surface area contributed by atoms with Gasteiger partial charge < -0.3 is 14.2 Å². The van der Waals surface area contributed by atoms with E-state index < -0.39 is 0 Å². The third kappa shape index (κ3) is 7.34. The SMILES string of the molecule is CCCOc1ccc(OCC(=O)CCC(=O)OCC)cc1. The van der Waals surface area contributed by atoms with Crippen molar-refractivity contribution in [2.75, 3.05) is 19.8 Å². The summed E-state index contributed by atoms with van der Waals surface area (Å²) in [5.74, 6) is 0.888. The molecule has 0 N–H and O–H groups in total. The molecule has 116 valence electrons. The van der Waals surface area contributed by atoms with E-state index in [0.717, 1.165) is 12.2 Å². The number of hydrogen-bond acceptors (Lipinski definition) is 5. The number of benzene rings is 1. The lowest BCUT2D eigenvalue weighted by molar-refractivity contribution is -0.144. The fourth-order valence-electron chi connectivity index (χ4n) is 1.56. The lowest BCUT2D eigenvalue weighted by atomic mass is 10.2. The first-order valence-corrected chi connectivity index (χ1v) is 7.18. The molecule has 5 nitrogen and oxygen atoms in total. The maximum absolute atomic E-state index is 11.6. The van der Waals surface area contributed by atoms with Crippen molar-refractivity contribution in [1.29, 1.82) is 0 Å². The predicted octanol–water partition coefficient (Wildman–Crippen LogP) is 2.77. The quantitative estimate of drug-likeness (QED) is 0.621. The molecule has 1 aromatic carbocycles. The van der Waals surface area contributed by atoms with Gasteiger partial charge in [-0.1, -0.05) is 6.92 Å². The van der Waals surface area contributed by atoms with Gasteiger partial charge in [0.25, 0.3) is 0 Å². The Labute approximate surface area is 125 Å². The zero-order valence-electron chi connectivity index (χ0n) is 12.6. The van der Waals surface area contributed by atoms with E-state index in [1.165, 1.54) is 0 Å². The summed E-state index contributed by atoms with van der Waals surface area (Å²) in [6, 6.07) is 7.11. The third-order valence-electron chi connectivity index (χ3n) is 2.61. The van der Waals surface area contributed by atoms with E-state index in [0.29, 0.717) is 19.0 Å². The molecule has 0 spiro atoms. The van der Waals surface area contributed by atoms with Crippen LogP contribution in [-0.2, 0) is 14.3 Å². The zero-order chi connectivity index (χ0) is 15.5. The largest absolute Gasteiger partial charge is 0.494 e. The normalized spacial score (nSPS) is 10.0. The van der Waals surface area contributed by atoms with Crippen molar-refractivity contribution in [2.45, 2.75) is 33.1 Å². The molecule has 0 heterocycles. The van der Waals surface area contributed by atoms with Gasteiger partial charge in [0.15, 0.2) is 5.78 Å². The second-order valence-corrected chi connectivity index (χ2v) is 4.45. The molecule has 0 atom stereocenters. The van der Waals surface area contributed by atoms with E-state index in [-0.39, 0.29) is 31.2 Å². The Hall–Kier alpha value is -2.04. The van der Waals surface area contributed by atoms with E-state index >= 15 is 0 Å². The third-order valence-corrected chi connectivity index (χ3v) is 2.61. The highest BCUT2D eigenvalue weighted by Gasteiger charge is 2.08. The van der Waals surface area contributed by atoms with E-state index in [2.05, 4.69) is 0 Å². The summed E-state index contributed by atoms with van der Waals surface area (Å²) >= 11 is 0. The summed E-state index contributed by atoms with van der Waals surface area (Å²) in [7, 11) is 0. The average molecular weight is 294 g/mol. The van der Waals surface area contributed by atoms with Gasteiger partial charge >= 0.3 is 5.97 Å². The van der Waals surface area contributed by atoms with Gasteiger partial charge in [0.1, 0.15) is 18.1 Å². The molecule has 0 saturated heterocycles. The van der Waals surface area contributed by atoms with Crippen LogP contribution in [0.3, 0.4) is 0 Å². The van der Waals surface area contributed by atoms with Crippen molar-refractivity contribution < 1.29 is 23.8 Å². The van der Waals surface area contributed by atoms with Crippen molar-refractivity contribution in [1.82, 2.24) is 0 Å². The van der Waals surface area contributed by atoms with Gasteiger partial charge in [-0.2, -0.15) is 0 Å². The van der Waals surface area contributed by atoms with Crippen molar-refractivity contribution in [2.24, 2.45) is 0 Å². The van der Waals surface area contributed by atoms with Gasteiger partial charge in [0, 0.05) is 6.42 Å². The van der Waals surface area contributed by atoms with Crippen molar-refractivity contribution >= 4 is 11.8 Å². The van der Waals surface area contributed by atoms with Crippen LogP contribution in [0.5, 0.6) is 11.5 Å². The number of carbonyl (C=O) groups is 2. The number of Topliss-reactive ketones (excluding diaryl/α,β-unsaturated/α-hetero) is 1. The molecule has 0 aliphatic carbocycles. The smallest absolute Gasteiger partial charge is 0.306 e. The summed E-state index contributed by atoms with van der Waals surface area (Å²) in [4.78, 5) is 22.7. The highest BCUT2D eigenvalue weighted by molar-refractivity contribution is 5.84. The van der Waals surface area contributed by atoms with Crippen LogP contribution >= 0.6 is 0 Å². The molecule has 1 aromatic rings. The van der Waals surface area contributed by atoms with Crippen LogP contribution in [0.15, 0.2) is 24.3 Å². The summed E-state index contributed by atoms with van der Waals surface area (Å²) < 4.78 is 15.6. The minimum absolute atomic E-state index is 0.0471. The van der Waals surface area contributed by atoms with Gasteiger partial charge in [-0.25, -0.2) is 0 Å². The van der Waals surface area contributed by atoms with Crippen LogP contribution in [0.25, 0.3) is 0 Å². The highest BCUT2D eigenvalue weighted by atomic mass is 16.5. The van der Waals surface area contributed by atoms with Crippen molar-refractivity contribution in [3.63, 3.8) is 0 Å². The number of carbonyl (C=O) groups excluding carboxylic acids is 2. The summed E-state index contributed by atoms with van der Waals surface area (Å²) in [5.41, 5.74) is 0. The number of hydrogen-bond donors (Lipinski definition) is 0. The molecular formula is C16H22O5. The molecule has 0 aliphatic rings. The summed E-state index contributed by atoms with van der Waals surface area (Å²) in [6.07, 6.45) is 1.18. The Morgan fingerprint density at radius 3 is 2.14 bits per heavy atom. The predicted molar refractivity (Wildman–Crippen MR) is 78.6 cm³/mol. The lowest BCUT2D eigenvalue weighted by Crippen LogP contribution is -2.14. The van der Waals surface area contributed by atoms with E-state index in [1.54, 1.807) is 31.2 Å². The lowest BCUT2D eigenvalue weighted by Gasteiger charge is -2.07. The monoisotopic (exact) mass is 294 g/mol. The minimum Gasteiger partial charge on any atom is -0.494 e.